The topological polar surface area (TPSA) is 54.0 Å². The molecule has 0 spiro atoms. The summed E-state index contributed by atoms with van der Waals surface area (Å²) in [4.78, 5) is 10.7. The molecule has 0 bridgehead atoms. The molecule has 2 atom stereocenters. The molecule has 1 heterocycles. The van der Waals surface area contributed by atoms with E-state index in [9.17, 15) is 4.79 Å². The van der Waals surface area contributed by atoms with Gasteiger partial charge in [-0.05, 0) is 18.4 Å². The highest BCUT2D eigenvalue weighted by molar-refractivity contribution is 5.65. The van der Waals surface area contributed by atoms with Crippen LogP contribution in [0.4, 0.5) is 0 Å². The van der Waals surface area contributed by atoms with Crippen LogP contribution >= 0.6 is 0 Å². The van der Waals surface area contributed by atoms with Crippen molar-refractivity contribution >= 4 is 5.97 Å². The van der Waals surface area contributed by atoms with Gasteiger partial charge in [0, 0.05) is 6.92 Å². The molecule has 1 aromatic rings. The second-order valence-electron chi connectivity index (χ2n) is 5.37. The monoisotopic (exact) mass is 308 g/mol. The second kappa shape index (κ2) is 9.56. The molecule has 0 radical (unpaired) electrons. The number of ether oxygens (including phenoxy) is 4. The molecule has 2 rings (SSSR count). The van der Waals surface area contributed by atoms with Crippen molar-refractivity contribution < 1.29 is 23.7 Å². The molecule has 22 heavy (non-hydrogen) atoms. The summed E-state index contributed by atoms with van der Waals surface area (Å²) >= 11 is 0. The molecule has 0 amide bonds. The van der Waals surface area contributed by atoms with Crippen LogP contribution in [0.25, 0.3) is 0 Å². The predicted octanol–water partition coefficient (Wildman–Crippen LogP) is 2.33. The van der Waals surface area contributed by atoms with Crippen LogP contribution < -0.4 is 0 Å². The van der Waals surface area contributed by atoms with Crippen LogP contribution in [0.2, 0.25) is 0 Å². The average molecular weight is 308 g/mol. The Kier molecular flexibility index (Phi) is 7.36. The van der Waals surface area contributed by atoms with E-state index in [-0.39, 0.29) is 18.2 Å². The summed E-state index contributed by atoms with van der Waals surface area (Å²) in [7, 11) is 0. The van der Waals surface area contributed by atoms with Crippen LogP contribution in [0.5, 0.6) is 0 Å². The van der Waals surface area contributed by atoms with Crippen LogP contribution in [0.1, 0.15) is 25.3 Å². The number of rotatable bonds is 9. The fourth-order valence-electron chi connectivity index (χ4n) is 2.33. The Labute approximate surface area is 131 Å². The number of hydrogen-bond acceptors (Lipinski definition) is 5. The summed E-state index contributed by atoms with van der Waals surface area (Å²) < 4.78 is 21.8. The molecule has 122 valence electrons. The lowest BCUT2D eigenvalue weighted by Gasteiger charge is -2.14. The summed E-state index contributed by atoms with van der Waals surface area (Å²) in [6, 6.07) is 10.1. The van der Waals surface area contributed by atoms with E-state index in [4.69, 9.17) is 18.9 Å². The molecule has 5 nitrogen and oxygen atoms in total. The van der Waals surface area contributed by atoms with Gasteiger partial charge in [-0.2, -0.15) is 0 Å². The van der Waals surface area contributed by atoms with E-state index in [2.05, 4.69) is 0 Å². The third-order valence-corrected chi connectivity index (χ3v) is 3.46. The molecule has 0 aromatic heterocycles. The fraction of sp³-hybridized carbons (Fsp3) is 0.588. The predicted molar refractivity (Wildman–Crippen MR) is 81.4 cm³/mol. The lowest BCUT2D eigenvalue weighted by molar-refractivity contribution is -0.145. The minimum absolute atomic E-state index is 0.00632. The van der Waals surface area contributed by atoms with Gasteiger partial charge in [-0.1, -0.05) is 30.3 Å². The molecule has 0 unspecified atom stereocenters. The molecule has 1 aliphatic rings. The lowest BCUT2D eigenvalue weighted by Crippen LogP contribution is -2.22. The molecule has 1 saturated heterocycles. The van der Waals surface area contributed by atoms with Gasteiger partial charge in [0.25, 0.3) is 0 Å². The van der Waals surface area contributed by atoms with Crippen molar-refractivity contribution in [2.75, 3.05) is 26.4 Å². The van der Waals surface area contributed by atoms with Crippen LogP contribution in [-0.2, 0) is 30.3 Å². The summed E-state index contributed by atoms with van der Waals surface area (Å²) in [6.45, 7) is 4.04. The summed E-state index contributed by atoms with van der Waals surface area (Å²) in [5.74, 6) is -0.265. The van der Waals surface area contributed by atoms with Gasteiger partial charge in [0.1, 0.15) is 6.61 Å². The van der Waals surface area contributed by atoms with E-state index in [1.165, 1.54) is 6.92 Å². The zero-order valence-corrected chi connectivity index (χ0v) is 13.0. The lowest BCUT2D eigenvalue weighted by atomic mass is 10.2. The van der Waals surface area contributed by atoms with Crippen molar-refractivity contribution in [3.8, 4) is 0 Å². The number of carbonyl (C=O) groups excluding carboxylic acids is 1. The van der Waals surface area contributed by atoms with Crippen LogP contribution in [0.15, 0.2) is 30.3 Å². The standard InChI is InChI=1S/C17H24O5/c1-14(18)21-13-17-8-7-16(22-17)12-20-10-9-19-11-15-5-3-2-4-6-15/h2-6,16-17H,7-13H2,1H3/t16-,17+/m0/s1. The molecular weight excluding hydrogens is 284 g/mol. The Morgan fingerprint density at radius 1 is 1.09 bits per heavy atom. The number of carbonyl (C=O) groups is 1. The Morgan fingerprint density at radius 2 is 1.77 bits per heavy atom. The third kappa shape index (κ3) is 6.56. The average Bonchev–Trinajstić information content (AvgIpc) is 2.97. The second-order valence-corrected chi connectivity index (χ2v) is 5.37. The highest BCUT2D eigenvalue weighted by Crippen LogP contribution is 2.20. The normalized spacial score (nSPS) is 21.0. The number of esters is 1. The Bertz CT molecular complexity index is 434. The van der Waals surface area contributed by atoms with Crippen molar-refractivity contribution in [2.45, 2.75) is 38.6 Å². The quantitative estimate of drug-likeness (QED) is 0.518. The van der Waals surface area contributed by atoms with E-state index < -0.39 is 0 Å². The zero-order valence-electron chi connectivity index (χ0n) is 13.0. The first kappa shape index (κ1) is 16.9. The maximum absolute atomic E-state index is 10.7. The van der Waals surface area contributed by atoms with Crippen molar-refractivity contribution in [3.05, 3.63) is 35.9 Å². The van der Waals surface area contributed by atoms with Crippen LogP contribution in [-0.4, -0.2) is 44.6 Å². The minimum Gasteiger partial charge on any atom is -0.463 e. The van der Waals surface area contributed by atoms with Gasteiger partial charge in [-0.15, -0.1) is 0 Å². The summed E-state index contributed by atoms with van der Waals surface area (Å²) in [6.07, 6.45) is 1.95. The summed E-state index contributed by atoms with van der Waals surface area (Å²) in [5, 5.41) is 0. The molecule has 0 aliphatic carbocycles. The van der Waals surface area contributed by atoms with E-state index in [0.717, 1.165) is 18.4 Å². The SMILES string of the molecule is CC(=O)OC[C@H]1CC[C@@H](COCCOCc2ccccc2)O1. The molecular formula is C17H24O5. The molecule has 1 aromatic carbocycles. The molecule has 1 aliphatic heterocycles. The zero-order chi connectivity index (χ0) is 15.6. The van der Waals surface area contributed by atoms with E-state index in [0.29, 0.717) is 33.0 Å². The Morgan fingerprint density at radius 3 is 2.50 bits per heavy atom. The molecule has 0 saturated carbocycles. The minimum atomic E-state index is -0.265. The number of benzene rings is 1. The Hall–Kier alpha value is -1.43. The van der Waals surface area contributed by atoms with E-state index in [1.54, 1.807) is 0 Å². The molecule has 0 N–H and O–H groups in total. The van der Waals surface area contributed by atoms with Gasteiger partial charge in [-0.3, -0.25) is 4.79 Å². The fourth-order valence-corrected chi connectivity index (χ4v) is 2.33. The van der Waals surface area contributed by atoms with E-state index in [1.807, 2.05) is 30.3 Å². The maximum Gasteiger partial charge on any atom is 0.302 e. The van der Waals surface area contributed by atoms with Crippen molar-refractivity contribution in [2.24, 2.45) is 0 Å². The largest absolute Gasteiger partial charge is 0.463 e. The molecule has 5 heteroatoms. The summed E-state index contributed by atoms with van der Waals surface area (Å²) in [5.41, 5.74) is 1.16. The highest BCUT2D eigenvalue weighted by atomic mass is 16.6. The van der Waals surface area contributed by atoms with Crippen LogP contribution in [0.3, 0.4) is 0 Å². The smallest absolute Gasteiger partial charge is 0.302 e. The van der Waals surface area contributed by atoms with Gasteiger partial charge in [-0.25, -0.2) is 0 Å². The first-order valence-electron chi connectivity index (χ1n) is 7.72. The molecule has 1 fully saturated rings. The van der Waals surface area contributed by atoms with Crippen molar-refractivity contribution in [1.29, 1.82) is 0 Å². The first-order chi connectivity index (χ1) is 10.7. The van der Waals surface area contributed by atoms with Crippen LogP contribution in [0, 0.1) is 0 Å². The Balaban J connectivity index is 1.46. The van der Waals surface area contributed by atoms with Gasteiger partial charge in [0.15, 0.2) is 0 Å². The van der Waals surface area contributed by atoms with E-state index >= 15 is 0 Å². The maximum atomic E-state index is 10.7. The van der Waals surface area contributed by atoms with Gasteiger partial charge >= 0.3 is 5.97 Å². The number of hydrogen-bond donors (Lipinski definition) is 0. The van der Waals surface area contributed by atoms with Gasteiger partial charge in [0.2, 0.25) is 0 Å². The third-order valence-electron chi connectivity index (χ3n) is 3.46. The van der Waals surface area contributed by atoms with Gasteiger partial charge < -0.3 is 18.9 Å². The van der Waals surface area contributed by atoms with Crippen molar-refractivity contribution in [3.63, 3.8) is 0 Å². The highest BCUT2D eigenvalue weighted by Gasteiger charge is 2.26. The van der Waals surface area contributed by atoms with Crippen molar-refractivity contribution in [1.82, 2.24) is 0 Å². The van der Waals surface area contributed by atoms with Gasteiger partial charge in [0.05, 0.1) is 38.6 Å². The first-order valence-corrected chi connectivity index (χ1v) is 7.72.